The number of benzene rings is 1. The summed E-state index contributed by atoms with van der Waals surface area (Å²) < 4.78 is 13.3. The third-order valence-corrected chi connectivity index (χ3v) is 4.74. The first-order valence-electron chi connectivity index (χ1n) is 7.54. The fraction of sp³-hybridized carbons (Fsp3) is 0.375. The number of aryl methyl sites for hydroxylation is 1. The second-order valence-corrected chi connectivity index (χ2v) is 6.46. The van der Waals surface area contributed by atoms with Gasteiger partial charge in [-0.2, -0.15) is 0 Å². The number of piperazine rings is 1. The number of hydrogen-bond acceptors (Lipinski definition) is 5. The summed E-state index contributed by atoms with van der Waals surface area (Å²) >= 11 is 1.63. The van der Waals surface area contributed by atoms with Gasteiger partial charge in [0.05, 0.1) is 6.54 Å². The molecule has 122 valence electrons. The van der Waals surface area contributed by atoms with Crippen molar-refractivity contribution in [2.45, 2.75) is 6.92 Å². The van der Waals surface area contributed by atoms with E-state index in [1.54, 1.807) is 23.6 Å². The van der Waals surface area contributed by atoms with Crippen LogP contribution in [0, 0.1) is 12.7 Å². The summed E-state index contributed by atoms with van der Waals surface area (Å²) in [7, 11) is 0. The standard InChI is InChI=1S/C16H19FN4OS/c1-12-2-3-13(17)10-14(12)19-15(22)11-20-5-7-21(8-6-20)16-18-4-9-23-16/h2-4,9-10H,5-8,11H2,1H3,(H,19,22). The monoisotopic (exact) mass is 334 g/mol. The Labute approximate surface area is 138 Å². The quantitative estimate of drug-likeness (QED) is 0.932. The molecule has 0 saturated carbocycles. The second kappa shape index (κ2) is 7.06. The van der Waals surface area contributed by atoms with Crippen molar-refractivity contribution in [3.63, 3.8) is 0 Å². The predicted molar refractivity (Wildman–Crippen MR) is 90.5 cm³/mol. The van der Waals surface area contributed by atoms with Crippen molar-refractivity contribution < 1.29 is 9.18 Å². The molecule has 1 N–H and O–H groups in total. The van der Waals surface area contributed by atoms with Crippen LogP contribution in [-0.4, -0.2) is 48.5 Å². The largest absolute Gasteiger partial charge is 0.346 e. The van der Waals surface area contributed by atoms with Gasteiger partial charge in [0.15, 0.2) is 5.13 Å². The maximum Gasteiger partial charge on any atom is 0.238 e. The van der Waals surface area contributed by atoms with E-state index >= 15 is 0 Å². The summed E-state index contributed by atoms with van der Waals surface area (Å²) in [6.07, 6.45) is 1.81. The van der Waals surface area contributed by atoms with Crippen molar-refractivity contribution in [1.82, 2.24) is 9.88 Å². The number of halogens is 1. The van der Waals surface area contributed by atoms with Gasteiger partial charge in [-0.05, 0) is 24.6 Å². The van der Waals surface area contributed by atoms with Crippen molar-refractivity contribution in [2.24, 2.45) is 0 Å². The van der Waals surface area contributed by atoms with Gasteiger partial charge in [0.2, 0.25) is 5.91 Å². The maximum absolute atomic E-state index is 13.3. The van der Waals surface area contributed by atoms with Crippen molar-refractivity contribution in [3.05, 3.63) is 41.2 Å². The predicted octanol–water partition coefficient (Wildman–Crippen LogP) is 2.35. The van der Waals surface area contributed by atoms with E-state index in [4.69, 9.17) is 0 Å². The Morgan fingerprint density at radius 2 is 2.13 bits per heavy atom. The van der Waals surface area contributed by atoms with Crippen LogP contribution >= 0.6 is 11.3 Å². The first-order valence-corrected chi connectivity index (χ1v) is 8.42. The maximum atomic E-state index is 13.3. The molecular weight excluding hydrogens is 315 g/mol. The Kier molecular flexibility index (Phi) is 4.88. The van der Waals surface area contributed by atoms with E-state index in [2.05, 4.69) is 20.1 Å². The van der Waals surface area contributed by atoms with Crippen LogP contribution in [0.15, 0.2) is 29.8 Å². The molecule has 2 aromatic rings. The van der Waals surface area contributed by atoms with Gasteiger partial charge in [0, 0.05) is 43.4 Å². The highest BCUT2D eigenvalue weighted by molar-refractivity contribution is 7.13. The molecule has 0 unspecified atom stereocenters. The van der Waals surface area contributed by atoms with Crippen LogP contribution in [0.3, 0.4) is 0 Å². The molecule has 1 saturated heterocycles. The van der Waals surface area contributed by atoms with Gasteiger partial charge >= 0.3 is 0 Å². The van der Waals surface area contributed by atoms with E-state index in [-0.39, 0.29) is 11.7 Å². The lowest BCUT2D eigenvalue weighted by atomic mass is 10.2. The molecule has 1 aromatic carbocycles. The number of nitrogens with one attached hydrogen (secondary N) is 1. The molecule has 1 fully saturated rings. The molecule has 1 aliphatic heterocycles. The summed E-state index contributed by atoms with van der Waals surface area (Å²) in [4.78, 5) is 20.8. The number of aromatic nitrogens is 1. The molecule has 5 nitrogen and oxygen atoms in total. The van der Waals surface area contributed by atoms with Crippen LogP contribution in [-0.2, 0) is 4.79 Å². The molecule has 3 rings (SSSR count). The fourth-order valence-electron chi connectivity index (χ4n) is 2.59. The minimum Gasteiger partial charge on any atom is -0.346 e. The number of rotatable bonds is 4. The minimum absolute atomic E-state index is 0.110. The number of carbonyl (C=O) groups is 1. The second-order valence-electron chi connectivity index (χ2n) is 5.59. The van der Waals surface area contributed by atoms with Crippen LogP contribution in [0.1, 0.15) is 5.56 Å². The van der Waals surface area contributed by atoms with Crippen molar-refractivity contribution in [2.75, 3.05) is 42.9 Å². The van der Waals surface area contributed by atoms with E-state index in [0.29, 0.717) is 12.2 Å². The highest BCUT2D eigenvalue weighted by Gasteiger charge is 2.20. The Morgan fingerprint density at radius 3 is 2.83 bits per heavy atom. The zero-order valence-electron chi connectivity index (χ0n) is 13.0. The van der Waals surface area contributed by atoms with Crippen LogP contribution in [0.4, 0.5) is 15.2 Å². The average molecular weight is 334 g/mol. The summed E-state index contributed by atoms with van der Waals surface area (Å²) in [5.41, 5.74) is 1.39. The first kappa shape index (κ1) is 15.9. The number of nitrogens with zero attached hydrogens (tertiary/aromatic N) is 3. The third-order valence-electron chi connectivity index (χ3n) is 3.90. The molecular formula is C16H19FN4OS. The number of hydrogen-bond donors (Lipinski definition) is 1. The van der Waals surface area contributed by atoms with E-state index < -0.39 is 0 Å². The van der Waals surface area contributed by atoms with Crippen molar-refractivity contribution >= 4 is 28.1 Å². The van der Waals surface area contributed by atoms with Crippen molar-refractivity contribution in [3.8, 4) is 0 Å². The zero-order chi connectivity index (χ0) is 16.2. The van der Waals surface area contributed by atoms with Crippen LogP contribution < -0.4 is 10.2 Å². The molecule has 0 aliphatic carbocycles. The summed E-state index contributed by atoms with van der Waals surface area (Å²) in [6, 6.07) is 4.41. The Balaban J connectivity index is 1.50. The molecule has 1 amide bonds. The van der Waals surface area contributed by atoms with Crippen LogP contribution in [0.5, 0.6) is 0 Å². The number of anilines is 2. The molecule has 7 heteroatoms. The molecule has 0 radical (unpaired) electrons. The lowest BCUT2D eigenvalue weighted by Crippen LogP contribution is -2.48. The molecule has 0 spiro atoms. The van der Waals surface area contributed by atoms with Crippen molar-refractivity contribution in [1.29, 1.82) is 0 Å². The molecule has 1 aromatic heterocycles. The Morgan fingerprint density at radius 1 is 1.35 bits per heavy atom. The minimum atomic E-state index is -0.344. The van der Waals surface area contributed by atoms with E-state index in [1.165, 1.54) is 12.1 Å². The van der Waals surface area contributed by atoms with Crippen LogP contribution in [0.2, 0.25) is 0 Å². The first-order chi connectivity index (χ1) is 11.1. The summed E-state index contributed by atoms with van der Waals surface area (Å²) in [5, 5.41) is 5.79. The lowest BCUT2D eigenvalue weighted by Gasteiger charge is -2.34. The SMILES string of the molecule is Cc1ccc(F)cc1NC(=O)CN1CCN(c2nccs2)CC1. The lowest BCUT2D eigenvalue weighted by molar-refractivity contribution is -0.117. The zero-order valence-corrected chi connectivity index (χ0v) is 13.8. The van der Waals surface area contributed by atoms with Gasteiger partial charge < -0.3 is 10.2 Å². The van der Waals surface area contributed by atoms with Crippen LogP contribution in [0.25, 0.3) is 0 Å². The molecule has 1 aliphatic rings. The highest BCUT2D eigenvalue weighted by atomic mass is 32.1. The fourth-order valence-corrected chi connectivity index (χ4v) is 3.29. The highest BCUT2D eigenvalue weighted by Crippen LogP contribution is 2.19. The Hall–Kier alpha value is -1.99. The summed E-state index contributed by atoms with van der Waals surface area (Å²) in [5.74, 6) is -0.454. The van der Waals surface area contributed by atoms with Gasteiger partial charge in [0.1, 0.15) is 5.82 Å². The number of carbonyl (C=O) groups excluding carboxylic acids is 1. The summed E-state index contributed by atoms with van der Waals surface area (Å²) in [6.45, 7) is 5.52. The molecule has 0 bridgehead atoms. The topological polar surface area (TPSA) is 48.5 Å². The van der Waals surface area contributed by atoms with Gasteiger partial charge in [-0.15, -0.1) is 11.3 Å². The average Bonchev–Trinajstić information content (AvgIpc) is 3.06. The van der Waals surface area contributed by atoms with E-state index in [9.17, 15) is 9.18 Å². The van der Waals surface area contributed by atoms with Gasteiger partial charge in [0.25, 0.3) is 0 Å². The molecule has 2 heterocycles. The molecule has 23 heavy (non-hydrogen) atoms. The number of amides is 1. The number of thiazole rings is 1. The van der Waals surface area contributed by atoms with Gasteiger partial charge in [-0.25, -0.2) is 9.37 Å². The van der Waals surface area contributed by atoms with Gasteiger partial charge in [-0.3, -0.25) is 9.69 Å². The normalized spacial score (nSPS) is 15.7. The van der Waals surface area contributed by atoms with E-state index in [0.717, 1.165) is 36.9 Å². The smallest absolute Gasteiger partial charge is 0.238 e. The molecule has 0 atom stereocenters. The van der Waals surface area contributed by atoms with E-state index in [1.807, 2.05) is 12.3 Å². The third kappa shape index (κ3) is 4.05. The van der Waals surface area contributed by atoms with Gasteiger partial charge in [-0.1, -0.05) is 6.07 Å². The Bertz CT molecular complexity index is 669.